The van der Waals surface area contributed by atoms with Crippen molar-refractivity contribution in [1.82, 2.24) is 9.97 Å². The zero-order chi connectivity index (χ0) is 23.3. The Bertz CT molecular complexity index is 1120. The topological polar surface area (TPSA) is 120 Å². The summed E-state index contributed by atoms with van der Waals surface area (Å²) in [6.45, 7) is 2.02. The first kappa shape index (κ1) is 23.1. The molecule has 0 saturated carbocycles. The quantitative estimate of drug-likeness (QED) is 0.217. The minimum Gasteiger partial charge on any atom is -0.494 e. The third-order valence-corrected chi connectivity index (χ3v) is 4.70. The smallest absolute Gasteiger partial charge is 0.433 e. The summed E-state index contributed by atoms with van der Waals surface area (Å²) in [6, 6.07) is 7.60. The number of nitro benzene ring substituents is 1. The molecule has 0 fully saturated rings. The molecule has 2 aromatic heterocycles. The maximum Gasteiger partial charge on any atom is 0.433 e. The fourth-order valence-corrected chi connectivity index (χ4v) is 3.18. The molecule has 0 aliphatic rings. The van der Waals surface area contributed by atoms with E-state index in [1.54, 1.807) is 6.92 Å². The summed E-state index contributed by atoms with van der Waals surface area (Å²) >= 11 is 0.645. The molecule has 0 spiro atoms. The molecule has 0 unspecified atom stereocenters. The van der Waals surface area contributed by atoms with Crippen LogP contribution in [0.3, 0.4) is 0 Å². The summed E-state index contributed by atoms with van der Waals surface area (Å²) in [5.74, 6) is -0.713. The number of thioether (sulfide) groups is 1. The number of ether oxygens (including phenoxy) is 1. The minimum absolute atomic E-state index is 0.0784. The number of nitrogens with one attached hydrogen (secondary N) is 1. The lowest BCUT2D eigenvalue weighted by atomic mass is 10.2. The molecule has 9 nitrogen and oxygen atoms in total. The Labute approximate surface area is 183 Å². The van der Waals surface area contributed by atoms with Crippen molar-refractivity contribution >= 4 is 29.0 Å². The van der Waals surface area contributed by atoms with E-state index >= 15 is 0 Å². The normalized spacial score (nSPS) is 11.2. The van der Waals surface area contributed by atoms with Gasteiger partial charge in [-0.05, 0) is 37.3 Å². The monoisotopic (exact) mass is 468 g/mol. The zero-order valence-corrected chi connectivity index (χ0v) is 17.2. The predicted molar refractivity (Wildman–Crippen MR) is 108 cm³/mol. The zero-order valence-electron chi connectivity index (χ0n) is 16.4. The Morgan fingerprint density at radius 3 is 2.69 bits per heavy atom. The van der Waals surface area contributed by atoms with Gasteiger partial charge in [0.05, 0.1) is 29.6 Å². The first-order chi connectivity index (χ1) is 15.2. The third-order valence-electron chi connectivity index (χ3n) is 3.85. The molecule has 3 aromatic rings. The van der Waals surface area contributed by atoms with Crippen LogP contribution in [0.4, 0.5) is 24.5 Å². The summed E-state index contributed by atoms with van der Waals surface area (Å²) in [4.78, 5) is 30.3. The number of nitrogens with zero attached hydrogens (tertiary/aromatic N) is 3. The van der Waals surface area contributed by atoms with Gasteiger partial charge in [0.2, 0.25) is 5.91 Å². The van der Waals surface area contributed by atoms with Gasteiger partial charge in [-0.25, -0.2) is 9.97 Å². The number of benzene rings is 1. The van der Waals surface area contributed by atoms with Crippen LogP contribution in [-0.2, 0) is 11.0 Å². The number of hydrogen-bond acceptors (Lipinski definition) is 8. The number of carbonyl (C=O) groups is 1. The SMILES string of the molecule is CCOc1ccc(NC(=O)CSc2nc(-c3ccco3)cc(C(F)(F)F)n2)c([N+](=O)[O-])c1. The van der Waals surface area contributed by atoms with E-state index in [1.807, 2.05) is 0 Å². The van der Waals surface area contributed by atoms with E-state index in [1.165, 1.54) is 30.5 Å². The van der Waals surface area contributed by atoms with E-state index in [9.17, 15) is 28.1 Å². The number of nitro groups is 1. The highest BCUT2D eigenvalue weighted by molar-refractivity contribution is 7.99. The Morgan fingerprint density at radius 2 is 2.06 bits per heavy atom. The predicted octanol–water partition coefficient (Wildman–Crippen LogP) is 4.79. The highest BCUT2D eigenvalue weighted by Crippen LogP contribution is 2.33. The molecule has 168 valence electrons. The van der Waals surface area contributed by atoms with Gasteiger partial charge in [-0.1, -0.05) is 11.8 Å². The molecule has 13 heteroatoms. The van der Waals surface area contributed by atoms with Gasteiger partial charge in [-0.3, -0.25) is 14.9 Å². The number of amides is 1. The van der Waals surface area contributed by atoms with Crippen LogP contribution in [0.15, 0.2) is 52.2 Å². The van der Waals surface area contributed by atoms with E-state index in [4.69, 9.17) is 9.15 Å². The molecule has 32 heavy (non-hydrogen) atoms. The van der Waals surface area contributed by atoms with Crippen LogP contribution in [0.5, 0.6) is 5.75 Å². The summed E-state index contributed by atoms with van der Waals surface area (Å²) in [7, 11) is 0. The number of carbonyl (C=O) groups excluding carboxylic acids is 1. The molecule has 2 heterocycles. The number of anilines is 1. The molecule has 0 aliphatic heterocycles. The summed E-state index contributed by atoms with van der Waals surface area (Å²) in [6.07, 6.45) is -3.44. The first-order valence-electron chi connectivity index (χ1n) is 9.01. The fourth-order valence-electron chi connectivity index (χ4n) is 2.53. The largest absolute Gasteiger partial charge is 0.494 e. The number of aromatic nitrogens is 2. The van der Waals surface area contributed by atoms with Crippen molar-refractivity contribution in [3.05, 3.63) is 58.5 Å². The highest BCUT2D eigenvalue weighted by Gasteiger charge is 2.34. The molecule has 0 saturated heterocycles. The van der Waals surface area contributed by atoms with Crippen LogP contribution in [0.1, 0.15) is 12.6 Å². The van der Waals surface area contributed by atoms with E-state index in [-0.39, 0.29) is 39.5 Å². The Morgan fingerprint density at radius 1 is 1.28 bits per heavy atom. The van der Waals surface area contributed by atoms with Crippen LogP contribution >= 0.6 is 11.8 Å². The molecule has 1 aromatic carbocycles. The molecule has 0 radical (unpaired) electrons. The minimum atomic E-state index is -4.73. The first-order valence-corrected chi connectivity index (χ1v) is 10.00. The second kappa shape index (κ2) is 9.68. The maximum atomic E-state index is 13.2. The van der Waals surface area contributed by atoms with Crippen LogP contribution in [-0.4, -0.2) is 33.2 Å². The standard InChI is InChI=1S/C19H15F3N4O5S/c1-2-30-11-5-6-12(14(8-11)26(28)29)23-17(27)10-32-18-24-13(15-4-3-7-31-15)9-16(25-18)19(20,21)22/h3-9H,2,10H2,1H3,(H,23,27). The second-order valence-electron chi connectivity index (χ2n) is 6.10. The van der Waals surface area contributed by atoms with Crippen LogP contribution < -0.4 is 10.1 Å². The van der Waals surface area contributed by atoms with Gasteiger partial charge in [0.15, 0.2) is 10.9 Å². The number of rotatable bonds is 8. The molecular weight excluding hydrogens is 453 g/mol. The van der Waals surface area contributed by atoms with Crippen molar-refractivity contribution in [3.63, 3.8) is 0 Å². The van der Waals surface area contributed by atoms with Gasteiger partial charge in [-0.15, -0.1) is 0 Å². The fraction of sp³-hybridized carbons (Fsp3) is 0.211. The van der Waals surface area contributed by atoms with E-state index in [0.29, 0.717) is 18.4 Å². The van der Waals surface area contributed by atoms with Crippen LogP contribution in [0.25, 0.3) is 11.5 Å². The van der Waals surface area contributed by atoms with Crippen molar-refractivity contribution in [2.75, 3.05) is 17.7 Å². The van der Waals surface area contributed by atoms with Crippen molar-refractivity contribution < 1.29 is 32.0 Å². The highest BCUT2D eigenvalue weighted by atomic mass is 32.2. The Kier molecular flexibility index (Phi) is 6.98. The van der Waals surface area contributed by atoms with Crippen molar-refractivity contribution in [2.45, 2.75) is 18.3 Å². The van der Waals surface area contributed by atoms with Crippen LogP contribution in [0, 0.1) is 10.1 Å². The summed E-state index contributed by atoms with van der Waals surface area (Å²) in [5.41, 5.74) is -1.75. The molecular formula is C19H15F3N4O5S. The average molecular weight is 468 g/mol. The maximum absolute atomic E-state index is 13.2. The molecule has 3 rings (SSSR count). The lowest BCUT2D eigenvalue weighted by Gasteiger charge is -2.10. The van der Waals surface area contributed by atoms with E-state index < -0.39 is 22.7 Å². The van der Waals surface area contributed by atoms with E-state index in [2.05, 4.69) is 15.3 Å². The second-order valence-corrected chi connectivity index (χ2v) is 7.04. The molecule has 0 aliphatic carbocycles. The molecule has 0 bridgehead atoms. The summed E-state index contributed by atoms with van der Waals surface area (Å²) < 4.78 is 49.9. The lowest BCUT2D eigenvalue weighted by Crippen LogP contribution is -2.16. The number of halogens is 3. The van der Waals surface area contributed by atoms with Gasteiger partial charge in [-0.2, -0.15) is 13.2 Å². The Balaban J connectivity index is 1.76. The van der Waals surface area contributed by atoms with E-state index in [0.717, 1.165) is 12.1 Å². The van der Waals surface area contributed by atoms with Crippen LogP contribution in [0.2, 0.25) is 0 Å². The van der Waals surface area contributed by atoms with Gasteiger partial charge in [0.25, 0.3) is 5.69 Å². The summed E-state index contributed by atoms with van der Waals surface area (Å²) in [5, 5.41) is 13.3. The molecule has 1 amide bonds. The molecule has 1 N–H and O–H groups in total. The van der Waals surface area contributed by atoms with Crippen molar-refractivity contribution in [3.8, 4) is 17.2 Å². The van der Waals surface area contributed by atoms with Gasteiger partial charge in [0, 0.05) is 0 Å². The third kappa shape index (κ3) is 5.75. The number of hydrogen-bond donors (Lipinski definition) is 1. The average Bonchev–Trinajstić information content (AvgIpc) is 3.27. The molecule has 0 atom stereocenters. The number of furan rings is 1. The lowest BCUT2D eigenvalue weighted by molar-refractivity contribution is -0.384. The van der Waals surface area contributed by atoms with Gasteiger partial charge < -0.3 is 14.5 Å². The van der Waals surface area contributed by atoms with Crippen molar-refractivity contribution in [2.24, 2.45) is 0 Å². The van der Waals surface area contributed by atoms with Gasteiger partial charge in [0.1, 0.15) is 22.8 Å². The van der Waals surface area contributed by atoms with Gasteiger partial charge >= 0.3 is 6.18 Å². The van der Waals surface area contributed by atoms with Crippen molar-refractivity contribution in [1.29, 1.82) is 0 Å². The number of alkyl halides is 3. The Hall–Kier alpha value is -3.61.